The highest BCUT2D eigenvalue weighted by atomic mass is 16.5. The van der Waals surface area contributed by atoms with Crippen LogP contribution in [0.1, 0.15) is 35.1 Å². The molecule has 0 saturated carbocycles. The second kappa shape index (κ2) is 7.84. The monoisotopic (exact) mass is 283 g/mol. The van der Waals surface area contributed by atoms with Crippen molar-refractivity contribution in [3.63, 3.8) is 0 Å². The summed E-state index contributed by atoms with van der Waals surface area (Å²) in [4.78, 5) is 0. The zero-order valence-electron chi connectivity index (χ0n) is 13.1. The standard InChI is InChI=1S/C19H25NO/c1-15-12-18(10-6-7-11-20)13-16(2)19(15)21-14-17-8-4-3-5-9-17/h3-5,8-9,12-13H,6-7,10-11,14,20H2,1-2H3. The van der Waals surface area contributed by atoms with Crippen molar-refractivity contribution in [1.82, 2.24) is 0 Å². The number of hydrogen-bond acceptors (Lipinski definition) is 2. The molecule has 0 unspecified atom stereocenters. The molecule has 21 heavy (non-hydrogen) atoms. The van der Waals surface area contributed by atoms with Crippen molar-refractivity contribution >= 4 is 0 Å². The number of hydrogen-bond donors (Lipinski definition) is 1. The third-order valence-electron chi connectivity index (χ3n) is 3.67. The first-order valence-electron chi connectivity index (χ1n) is 7.67. The van der Waals surface area contributed by atoms with E-state index >= 15 is 0 Å². The molecule has 0 spiro atoms. The van der Waals surface area contributed by atoms with Crippen molar-refractivity contribution in [2.75, 3.05) is 6.54 Å². The van der Waals surface area contributed by atoms with E-state index in [9.17, 15) is 0 Å². The second-order valence-corrected chi connectivity index (χ2v) is 5.58. The van der Waals surface area contributed by atoms with Gasteiger partial charge >= 0.3 is 0 Å². The predicted octanol–water partition coefficient (Wildman–Crippen LogP) is 4.16. The van der Waals surface area contributed by atoms with Crippen molar-refractivity contribution in [1.29, 1.82) is 0 Å². The normalized spacial score (nSPS) is 10.6. The van der Waals surface area contributed by atoms with Gasteiger partial charge in [0.15, 0.2) is 0 Å². The molecule has 0 amide bonds. The van der Waals surface area contributed by atoms with E-state index in [-0.39, 0.29) is 0 Å². The quantitative estimate of drug-likeness (QED) is 0.774. The van der Waals surface area contributed by atoms with Gasteiger partial charge in [-0.05, 0) is 61.9 Å². The zero-order valence-corrected chi connectivity index (χ0v) is 13.1. The first kappa shape index (κ1) is 15.6. The van der Waals surface area contributed by atoms with E-state index in [4.69, 9.17) is 10.5 Å². The summed E-state index contributed by atoms with van der Waals surface area (Å²) in [5.74, 6) is 1.02. The molecule has 0 bridgehead atoms. The van der Waals surface area contributed by atoms with Gasteiger partial charge in [0, 0.05) is 0 Å². The number of nitrogens with two attached hydrogens (primary N) is 1. The van der Waals surface area contributed by atoms with Crippen LogP contribution in [0.4, 0.5) is 0 Å². The third kappa shape index (κ3) is 4.61. The average Bonchev–Trinajstić information content (AvgIpc) is 2.48. The maximum atomic E-state index is 6.01. The molecule has 0 fully saturated rings. The zero-order chi connectivity index (χ0) is 15.1. The molecule has 2 rings (SSSR count). The largest absolute Gasteiger partial charge is 0.488 e. The summed E-state index contributed by atoms with van der Waals surface area (Å²) < 4.78 is 6.01. The Balaban J connectivity index is 2.03. The summed E-state index contributed by atoms with van der Waals surface area (Å²) in [5, 5.41) is 0. The number of benzene rings is 2. The van der Waals surface area contributed by atoms with Crippen LogP contribution in [0, 0.1) is 13.8 Å². The molecule has 0 saturated heterocycles. The fourth-order valence-corrected chi connectivity index (χ4v) is 2.62. The Morgan fingerprint density at radius 1 is 0.905 bits per heavy atom. The van der Waals surface area contributed by atoms with Crippen molar-refractivity contribution in [3.05, 3.63) is 64.7 Å². The van der Waals surface area contributed by atoms with Gasteiger partial charge in [-0.25, -0.2) is 0 Å². The van der Waals surface area contributed by atoms with E-state index in [2.05, 4.69) is 38.1 Å². The maximum absolute atomic E-state index is 6.01. The molecule has 0 radical (unpaired) electrons. The van der Waals surface area contributed by atoms with Gasteiger partial charge in [0.1, 0.15) is 12.4 Å². The number of ether oxygens (including phenoxy) is 1. The van der Waals surface area contributed by atoms with Crippen LogP contribution in [0.5, 0.6) is 5.75 Å². The number of rotatable bonds is 7. The van der Waals surface area contributed by atoms with Crippen LogP contribution in [0.2, 0.25) is 0 Å². The predicted molar refractivity (Wildman–Crippen MR) is 88.7 cm³/mol. The van der Waals surface area contributed by atoms with Crippen LogP contribution in [-0.4, -0.2) is 6.54 Å². The Morgan fingerprint density at radius 2 is 1.57 bits per heavy atom. The van der Waals surface area contributed by atoms with Gasteiger partial charge in [-0.1, -0.05) is 42.5 Å². The Labute approximate surface area is 127 Å². The van der Waals surface area contributed by atoms with Gasteiger partial charge in [0.05, 0.1) is 0 Å². The van der Waals surface area contributed by atoms with Gasteiger partial charge in [-0.3, -0.25) is 0 Å². The van der Waals surface area contributed by atoms with E-state index in [1.807, 2.05) is 18.2 Å². The van der Waals surface area contributed by atoms with Gasteiger partial charge in [-0.15, -0.1) is 0 Å². The molecule has 2 heteroatoms. The molecule has 2 nitrogen and oxygen atoms in total. The molecule has 2 aromatic rings. The van der Waals surface area contributed by atoms with Crippen molar-refractivity contribution in [2.45, 2.75) is 39.7 Å². The first-order chi connectivity index (χ1) is 10.2. The molecule has 0 aliphatic rings. The SMILES string of the molecule is Cc1cc(CCCCN)cc(C)c1OCc1ccccc1. The summed E-state index contributed by atoms with van der Waals surface area (Å²) in [7, 11) is 0. The Hall–Kier alpha value is -1.80. The summed E-state index contributed by atoms with van der Waals surface area (Å²) in [6.45, 7) is 5.64. The second-order valence-electron chi connectivity index (χ2n) is 5.58. The molecule has 0 aliphatic carbocycles. The molecule has 2 aromatic carbocycles. The average molecular weight is 283 g/mol. The molecule has 0 aromatic heterocycles. The lowest BCUT2D eigenvalue weighted by molar-refractivity contribution is 0.302. The van der Waals surface area contributed by atoms with Crippen LogP contribution in [0.25, 0.3) is 0 Å². The molecule has 0 heterocycles. The maximum Gasteiger partial charge on any atom is 0.125 e. The Bertz CT molecular complexity index is 540. The minimum atomic E-state index is 0.620. The van der Waals surface area contributed by atoms with E-state index in [0.717, 1.165) is 31.6 Å². The number of unbranched alkanes of at least 4 members (excludes halogenated alkanes) is 1. The Morgan fingerprint density at radius 3 is 2.19 bits per heavy atom. The minimum Gasteiger partial charge on any atom is -0.488 e. The van der Waals surface area contributed by atoms with Crippen molar-refractivity contribution < 1.29 is 4.74 Å². The lowest BCUT2D eigenvalue weighted by Gasteiger charge is -2.14. The van der Waals surface area contributed by atoms with E-state index in [1.165, 1.54) is 22.3 Å². The summed E-state index contributed by atoms with van der Waals surface area (Å²) >= 11 is 0. The Kier molecular flexibility index (Phi) is 5.82. The van der Waals surface area contributed by atoms with Crippen molar-refractivity contribution in [2.24, 2.45) is 5.73 Å². The lowest BCUT2D eigenvalue weighted by Crippen LogP contribution is -2.01. The molecule has 0 atom stereocenters. The van der Waals surface area contributed by atoms with E-state index in [1.54, 1.807) is 0 Å². The topological polar surface area (TPSA) is 35.2 Å². The highest BCUT2D eigenvalue weighted by Crippen LogP contribution is 2.26. The van der Waals surface area contributed by atoms with Crippen molar-refractivity contribution in [3.8, 4) is 5.75 Å². The fourth-order valence-electron chi connectivity index (χ4n) is 2.62. The molecule has 2 N–H and O–H groups in total. The smallest absolute Gasteiger partial charge is 0.125 e. The van der Waals surface area contributed by atoms with Gasteiger partial charge in [0.25, 0.3) is 0 Å². The number of aryl methyl sites for hydroxylation is 3. The third-order valence-corrected chi connectivity index (χ3v) is 3.67. The molecular weight excluding hydrogens is 258 g/mol. The van der Waals surface area contributed by atoms with Gasteiger partial charge in [0.2, 0.25) is 0 Å². The van der Waals surface area contributed by atoms with Crippen LogP contribution in [0.15, 0.2) is 42.5 Å². The highest BCUT2D eigenvalue weighted by Gasteiger charge is 2.07. The lowest BCUT2D eigenvalue weighted by atomic mass is 10.0. The fraction of sp³-hybridized carbons (Fsp3) is 0.368. The molecule has 0 aliphatic heterocycles. The van der Waals surface area contributed by atoms with Crippen LogP contribution in [0.3, 0.4) is 0 Å². The van der Waals surface area contributed by atoms with E-state index in [0.29, 0.717) is 6.61 Å². The van der Waals surface area contributed by atoms with Gasteiger partial charge < -0.3 is 10.5 Å². The van der Waals surface area contributed by atoms with Crippen LogP contribution >= 0.6 is 0 Å². The van der Waals surface area contributed by atoms with E-state index < -0.39 is 0 Å². The summed E-state index contributed by atoms with van der Waals surface area (Å²) in [6, 6.07) is 14.8. The summed E-state index contributed by atoms with van der Waals surface area (Å²) in [6.07, 6.45) is 3.34. The molecule has 112 valence electrons. The van der Waals surface area contributed by atoms with Crippen LogP contribution < -0.4 is 10.5 Å². The summed E-state index contributed by atoms with van der Waals surface area (Å²) in [5.41, 5.74) is 10.6. The van der Waals surface area contributed by atoms with Gasteiger partial charge in [-0.2, -0.15) is 0 Å². The minimum absolute atomic E-state index is 0.620. The highest BCUT2D eigenvalue weighted by molar-refractivity contribution is 5.43. The first-order valence-corrected chi connectivity index (χ1v) is 7.67. The van der Waals surface area contributed by atoms with Crippen LogP contribution in [-0.2, 0) is 13.0 Å². The molecular formula is C19H25NO.